The van der Waals surface area contributed by atoms with Gasteiger partial charge in [-0.3, -0.25) is 4.79 Å². The molecule has 0 unspecified atom stereocenters. The lowest BCUT2D eigenvalue weighted by molar-refractivity contribution is 0.0949. The maximum atomic E-state index is 13.2. The van der Waals surface area contributed by atoms with Crippen LogP contribution in [-0.4, -0.2) is 10.9 Å². The molecule has 0 radical (unpaired) electrons. The monoisotopic (exact) mass is 314 g/mol. The third-order valence-corrected chi connectivity index (χ3v) is 3.67. The second kappa shape index (κ2) is 5.37. The summed E-state index contributed by atoms with van der Waals surface area (Å²) in [6, 6.07) is 4.35. The maximum absolute atomic E-state index is 13.2. The van der Waals surface area contributed by atoms with E-state index in [-0.39, 0.29) is 15.9 Å². The Morgan fingerprint density at radius 3 is 3.06 bits per heavy atom. The summed E-state index contributed by atoms with van der Waals surface area (Å²) in [5, 5.41) is 5.33. The molecule has 17 heavy (non-hydrogen) atoms. The lowest BCUT2D eigenvalue weighted by atomic mass is 10.2. The molecule has 1 aromatic heterocycles. The summed E-state index contributed by atoms with van der Waals surface area (Å²) < 4.78 is 13.4. The van der Waals surface area contributed by atoms with E-state index in [0.717, 1.165) is 5.01 Å². The van der Waals surface area contributed by atoms with E-state index in [4.69, 9.17) is 0 Å². The van der Waals surface area contributed by atoms with Gasteiger partial charge >= 0.3 is 0 Å². The third kappa shape index (κ3) is 2.89. The third-order valence-electron chi connectivity index (χ3n) is 2.08. The summed E-state index contributed by atoms with van der Waals surface area (Å²) in [5.74, 6) is -0.779. The molecule has 2 aromatic rings. The molecule has 1 N–H and O–H groups in total. The zero-order valence-corrected chi connectivity index (χ0v) is 11.0. The molecule has 0 bridgehead atoms. The van der Waals surface area contributed by atoms with Gasteiger partial charge in [-0.15, -0.1) is 11.3 Å². The minimum absolute atomic E-state index is 0.177. The highest BCUT2D eigenvalue weighted by Crippen LogP contribution is 2.20. The van der Waals surface area contributed by atoms with E-state index in [1.807, 2.05) is 5.38 Å². The predicted octanol–water partition coefficient (Wildman–Crippen LogP) is 2.97. The Balaban J connectivity index is 2.07. The van der Waals surface area contributed by atoms with Crippen molar-refractivity contribution in [3.05, 3.63) is 50.6 Å². The lowest BCUT2D eigenvalue weighted by Gasteiger charge is -2.05. The molecule has 0 fully saturated rings. The van der Waals surface area contributed by atoms with E-state index in [1.165, 1.54) is 23.5 Å². The Bertz CT molecular complexity index is 530. The Labute approximate surface area is 110 Å². The number of carbonyl (C=O) groups excluding carboxylic acids is 1. The molecule has 1 aromatic carbocycles. The number of benzene rings is 1. The van der Waals surface area contributed by atoms with Crippen LogP contribution in [0, 0.1) is 5.82 Å². The van der Waals surface area contributed by atoms with Gasteiger partial charge in [0.15, 0.2) is 0 Å². The number of thiazole rings is 1. The molecular formula is C11H8BrFN2OS. The van der Waals surface area contributed by atoms with Crippen molar-refractivity contribution in [3.8, 4) is 0 Å². The molecule has 1 heterocycles. The summed E-state index contributed by atoms with van der Waals surface area (Å²) in [5.41, 5.74) is 0.279. The van der Waals surface area contributed by atoms with Crippen LogP contribution in [0.5, 0.6) is 0 Å². The average molecular weight is 315 g/mol. The zero-order chi connectivity index (χ0) is 12.3. The SMILES string of the molecule is O=C(NCc1nccs1)c1cccc(F)c1Br. The van der Waals surface area contributed by atoms with Gasteiger partial charge in [-0.2, -0.15) is 0 Å². The molecule has 0 aliphatic heterocycles. The first-order valence-corrected chi connectivity index (χ1v) is 6.46. The molecule has 0 atom stereocenters. The van der Waals surface area contributed by atoms with Gasteiger partial charge in [0.25, 0.3) is 5.91 Å². The number of amides is 1. The molecule has 0 spiro atoms. The molecular weight excluding hydrogens is 307 g/mol. The molecule has 0 saturated heterocycles. The van der Waals surface area contributed by atoms with E-state index in [9.17, 15) is 9.18 Å². The highest BCUT2D eigenvalue weighted by atomic mass is 79.9. The first-order chi connectivity index (χ1) is 8.18. The van der Waals surface area contributed by atoms with Crippen molar-refractivity contribution in [1.82, 2.24) is 10.3 Å². The second-order valence-electron chi connectivity index (χ2n) is 3.21. The van der Waals surface area contributed by atoms with E-state index in [0.29, 0.717) is 6.54 Å². The van der Waals surface area contributed by atoms with Crippen LogP contribution in [-0.2, 0) is 6.54 Å². The number of carbonyl (C=O) groups is 1. The van der Waals surface area contributed by atoms with Crippen LogP contribution in [0.15, 0.2) is 34.2 Å². The molecule has 0 aliphatic rings. The lowest BCUT2D eigenvalue weighted by Crippen LogP contribution is -2.23. The highest BCUT2D eigenvalue weighted by molar-refractivity contribution is 9.10. The normalized spacial score (nSPS) is 10.2. The number of nitrogens with one attached hydrogen (secondary N) is 1. The van der Waals surface area contributed by atoms with Gasteiger partial charge in [-0.25, -0.2) is 9.37 Å². The molecule has 0 saturated carbocycles. The molecule has 1 amide bonds. The van der Waals surface area contributed by atoms with E-state index in [1.54, 1.807) is 12.3 Å². The largest absolute Gasteiger partial charge is 0.345 e. The first-order valence-electron chi connectivity index (χ1n) is 4.79. The number of aromatic nitrogens is 1. The Kier molecular flexibility index (Phi) is 3.86. The second-order valence-corrected chi connectivity index (χ2v) is 4.98. The van der Waals surface area contributed by atoms with Gasteiger partial charge in [0.05, 0.1) is 16.6 Å². The van der Waals surface area contributed by atoms with Gasteiger partial charge in [-0.1, -0.05) is 6.07 Å². The summed E-state index contributed by atoms with van der Waals surface area (Å²) in [7, 11) is 0. The minimum Gasteiger partial charge on any atom is -0.345 e. The fraction of sp³-hybridized carbons (Fsp3) is 0.0909. The van der Waals surface area contributed by atoms with Gasteiger partial charge in [0, 0.05) is 11.6 Å². The number of rotatable bonds is 3. The molecule has 0 aliphatic carbocycles. The van der Waals surface area contributed by atoms with Crippen molar-refractivity contribution in [2.75, 3.05) is 0 Å². The standard InChI is InChI=1S/C11H8BrFN2OS/c12-10-7(2-1-3-8(10)13)11(16)15-6-9-14-4-5-17-9/h1-5H,6H2,(H,15,16). The number of halogens is 2. The van der Waals surface area contributed by atoms with Crippen LogP contribution in [0.2, 0.25) is 0 Å². The minimum atomic E-state index is -0.452. The Morgan fingerprint density at radius 1 is 1.53 bits per heavy atom. The molecule has 6 heteroatoms. The molecule has 2 rings (SSSR count). The summed E-state index contributed by atoms with van der Waals surface area (Å²) >= 11 is 4.51. The quantitative estimate of drug-likeness (QED) is 0.946. The van der Waals surface area contributed by atoms with Crippen LogP contribution < -0.4 is 5.32 Å². The smallest absolute Gasteiger partial charge is 0.252 e. The van der Waals surface area contributed by atoms with Crippen LogP contribution in [0.25, 0.3) is 0 Å². The fourth-order valence-corrected chi connectivity index (χ4v) is 2.27. The van der Waals surface area contributed by atoms with Crippen molar-refractivity contribution in [2.45, 2.75) is 6.54 Å². The molecule has 88 valence electrons. The van der Waals surface area contributed by atoms with Crippen molar-refractivity contribution >= 4 is 33.2 Å². The zero-order valence-electron chi connectivity index (χ0n) is 8.61. The van der Waals surface area contributed by atoms with Crippen molar-refractivity contribution in [2.24, 2.45) is 0 Å². The fourth-order valence-electron chi connectivity index (χ4n) is 1.27. The van der Waals surface area contributed by atoms with Gasteiger partial charge in [0.1, 0.15) is 10.8 Å². The van der Waals surface area contributed by atoms with Gasteiger partial charge in [0.2, 0.25) is 0 Å². The number of nitrogens with zero attached hydrogens (tertiary/aromatic N) is 1. The summed E-state index contributed by atoms with van der Waals surface area (Å²) in [6.07, 6.45) is 1.67. The van der Waals surface area contributed by atoms with Crippen molar-refractivity contribution in [1.29, 1.82) is 0 Å². The van der Waals surface area contributed by atoms with Crippen molar-refractivity contribution in [3.63, 3.8) is 0 Å². The summed E-state index contributed by atoms with van der Waals surface area (Å²) in [6.45, 7) is 0.347. The predicted molar refractivity (Wildman–Crippen MR) is 67.4 cm³/mol. The topological polar surface area (TPSA) is 42.0 Å². The van der Waals surface area contributed by atoms with Crippen LogP contribution in [0.1, 0.15) is 15.4 Å². The first kappa shape index (κ1) is 12.2. The van der Waals surface area contributed by atoms with Gasteiger partial charge in [-0.05, 0) is 28.1 Å². The van der Waals surface area contributed by atoms with E-state index >= 15 is 0 Å². The van der Waals surface area contributed by atoms with Crippen LogP contribution in [0.3, 0.4) is 0 Å². The van der Waals surface area contributed by atoms with Crippen LogP contribution in [0.4, 0.5) is 4.39 Å². The van der Waals surface area contributed by atoms with Crippen LogP contribution >= 0.6 is 27.3 Å². The van der Waals surface area contributed by atoms with E-state index in [2.05, 4.69) is 26.2 Å². The maximum Gasteiger partial charge on any atom is 0.252 e. The average Bonchev–Trinajstić information content (AvgIpc) is 2.82. The molecule has 3 nitrogen and oxygen atoms in total. The summed E-state index contributed by atoms with van der Waals surface area (Å²) in [4.78, 5) is 15.8. The van der Waals surface area contributed by atoms with Gasteiger partial charge < -0.3 is 5.32 Å². The van der Waals surface area contributed by atoms with Crippen molar-refractivity contribution < 1.29 is 9.18 Å². The van der Waals surface area contributed by atoms with E-state index < -0.39 is 5.82 Å². The Morgan fingerprint density at radius 2 is 2.35 bits per heavy atom. The number of hydrogen-bond acceptors (Lipinski definition) is 3. The Hall–Kier alpha value is -1.27. The highest BCUT2D eigenvalue weighted by Gasteiger charge is 2.12. The number of hydrogen-bond donors (Lipinski definition) is 1.